The Kier molecular flexibility index (Phi) is 4.04. The van der Waals surface area contributed by atoms with Crippen LogP contribution in [0.5, 0.6) is 0 Å². The normalized spacial score (nSPS) is 10.1. The summed E-state index contributed by atoms with van der Waals surface area (Å²) in [4.78, 5) is 15.7. The van der Waals surface area contributed by atoms with E-state index >= 15 is 0 Å². The summed E-state index contributed by atoms with van der Waals surface area (Å²) in [5, 5.41) is 10.4. The van der Waals surface area contributed by atoms with E-state index in [2.05, 4.69) is 4.98 Å². The second-order valence-electron chi connectivity index (χ2n) is 3.97. The maximum Gasteiger partial charge on any atom is 0.250 e. The predicted octanol–water partition coefficient (Wildman–Crippen LogP) is 2.04. The molecule has 0 aliphatic heterocycles. The molecule has 1 heterocycles. The first-order valence-electron chi connectivity index (χ1n) is 5.68. The predicted molar refractivity (Wildman–Crippen MR) is 66.7 cm³/mol. The zero-order chi connectivity index (χ0) is 12.8. The van der Waals surface area contributed by atoms with Crippen LogP contribution in [0, 0.1) is 0 Å². The van der Waals surface area contributed by atoms with Crippen LogP contribution in [-0.4, -0.2) is 21.2 Å². The summed E-state index contributed by atoms with van der Waals surface area (Å²) >= 11 is 0. The summed E-state index contributed by atoms with van der Waals surface area (Å²) in [6.07, 6.45) is 3.46. The van der Waals surface area contributed by atoms with Crippen molar-refractivity contribution in [3.63, 3.8) is 0 Å². The molecule has 1 aromatic carbocycles. The Balaban J connectivity index is 1.93. The first kappa shape index (κ1) is 12.3. The van der Waals surface area contributed by atoms with E-state index in [1.54, 1.807) is 24.5 Å². The SMILES string of the molecule is O=C(Cc1ccccc1)N(O)Cc1ccncc1. The molecule has 4 nitrogen and oxygen atoms in total. The van der Waals surface area contributed by atoms with E-state index in [-0.39, 0.29) is 18.9 Å². The van der Waals surface area contributed by atoms with E-state index < -0.39 is 0 Å². The molecule has 18 heavy (non-hydrogen) atoms. The van der Waals surface area contributed by atoms with E-state index in [4.69, 9.17) is 0 Å². The van der Waals surface area contributed by atoms with Crippen LogP contribution < -0.4 is 0 Å². The summed E-state index contributed by atoms with van der Waals surface area (Å²) in [6.45, 7) is 0.175. The smallest absolute Gasteiger partial charge is 0.250 e. The van der Waals surface area contributed by atoms with E-state index in [0.29, 0.717) is 0 Å². The van der Waals surface area contributed by atoms with Crippen molar-refractivity contribution in [2.24, 2.45) is 0 Å². The van der Waals surface area contributed by atoms with Gasteiger partial charge in [-0.15, -0.1) is 0 Å². The van der Waals surface area contributed by atoms with Crippen molar-refractivity contribution in [1.29, 1.82) is 0 Å². The largest absolute Gasteiger partial charge is 0.286 e. The Morgan fingerprint density at radius 3 is 2.39 bits per heavy atom. The van der Waals surface area contributed by atoms with Gasteiger partial charge in [-0.2, -0.15) is 0 Å². The number of carbonyl (C=O) groups is 1. The zero-order valence-electron chi connectivity index (χ0n) is 9.86. The third-order valence-corrected chi connectivity index (χ3v) is 2.57. The Morgan fingerprint density at radius 1 is 1.06 bits per heavy atom. The molecule has 0 saturated heterocycles. The molecular formula is C14H14N2O2. The zero-order valence-corrected chi connectivity index (χ0v) is 9.86. The maximum absolute atomic E-state index is 11.8. The number of hydrogen-bond acceptors (Lipinski definition) is 3. The van der Waals surface area contributed by atoms with Gasteiger partial charge in [0.15, 0.2) is 0 Å². The average molecular weight is 242 g/mol. The average Bonchev–Trinajstić information content (AvgIpc) is 2.41. The molecule has 1 N–H and O–H groups in total. The highest BCUT2D eigenvalue weighted by atomic mass is 16.5. The summed E-state index contributed by atoms with van der Waals surface area (Å²) in [5.74, 6) is -0.321. The van der Waals surface area contributed by atoms with Gasteiger partial charge in [-0.05, 0) is 23.3 Å². The standard InChI is InChI=1S/C14H14N2O2/c17-14(10-12-4-2-1-3-5-12)16(18)11-13-6-8-15-9-7-13/h1-9,18H,10-11H2. The van der Waals surface area contributed by atoms with Crippen molar-refractivity contribution in [1.82, 2.24) is 10.0 Å². The summed E-state index contributed by atoms with van der Waals surface area (Å²) < 4.78 is 0. The van der Waals surface area contributed by atoms with Crippen molar-refractivity contribution in [3.8, 4) is 0 Å². The van der Waals surface area contributed by atoms with Crippen molar-refractivity contribution < 1.29 is 10.0 Å². The summed E-state index contributed by atoms with van der Waals surface area (Å²) in [7, 11) is 0. The van der Waals surface area contributed by atoms with Crippen LogP contribution >= 0.6 is 0 Å². The van der Waals surface area contributed by atoms with E-state index in [9.17, 15) is 10.0 Å². The van der Waals surface area contributed by atoms with Crippen LogP contribution in [0.15, 0.2) is 54.9 Å². The minimum absolute atomic E-state index is 0.175. The lowest BCUT2D eigenvalue weighted by atomic mass is 10.1. The lowest BCUT2D eigenvalue weighted by molar-refractivity contribution is -0.167. The van der Waals surface area contributed by atoms with Crippen LogP contribution in [0.25, 0.3) is 0 Å². The lowest BCUT2D eigenvalue weighted by Crippen LogP contribution is -2.28. The Labute approximate surface area is 105 Å². The fourth-order valence-electron chi connectivity index (χ4n) is 1.61. The highest BCUT2D eigenvalue weighted by molar-refractivity contribution is 5.77. The van der Waals surface area contributed by atoms with Gasteiger partial charge in [-0.3, -0.25) is 15.0 Å². The summed E-state index contributed by atoms with van der Waals surface area (Å²) in [6, 6.07) is 12.9. The number of rotatable bonds is 4. The van der Waals surface area contributed by atoms with Gasteiger partial charge in [0, 0.05) is 12.4 Å². The van der Waals surface area contributed by atoms with E-state index in [0.717, 1.165) is 16.2 Å². The number of amides is 1. The van der Waals surface area contributed by atoms with Gasteiger partial charge in [-0.1, -0.05) is 30.3 Å². The molecular weight excluding hydrogens is 228 g/mol. The molecule has 1 amide bonds. The Morgan fingerprint density at radius 2 is 1.72 bits per heavy atom. The number of benzene rings is 1. The van der Waals surface area contributed by atoms with Gasteiger partial charge < -0.3 is 0 Å². The monoisotopic (exact) mass is 242 g/mol. The van der Waals surface area contributed by atoms with Gasteiger partial charge >= 0.3 is 0 Å². The number of pyridine rings is 1. The molecule has 0 unspecified atom stereocenters. The van der Waals surface area contributed by atoms with Crippen LogP contribution in [0.2, 0.25) is 0 Å². The third kappa shape index (κ3) is 3.40. The Hall–Kier alpha value is -2.20. The molecule has 92 valence electrons. The molecule has 0 atom stereocenters. The topological polar surface area (TPSA) is 53.4 Å². The summed E-state index contributed by atoms with van der Waals surface area (Å²) in [5.41, 5.74) is 1.73. The highest BCUT2D eigenvalue weighted by Crippen LogP contribution is 2.05. The first-order chi connectivity index (χ1) is 8.75. The molecule has 0 saturated carbocycles. The minimum atomic E-state index is -0.321. The maximum atomic E-state index is 11.8. The number of hydroxylamine groups is 2. The molecule has 0 radical (unpaired) electrons. The fourth-order valence-corrected chi connectivity index (χ4v) is 1.61. The van der Waals surface area contributed by atoms with Gasteiger partial charge in [0.05, 0.1) is 13.0 Å². The van der Waals surface area contributed by atoms with Crippen LogP contribution in [0.4, 0.5) is 0 Å². The molecule has 2 aromatic rings. The molecule has 1 aromatic heterocycles. The van der Waals surface area contributed by atoms with E-state index in [1.165, 1.54) is 0 Å². The van der Waals surface area contributed by atoms with Crippen LogP contribution in [0.1, 0.15) is 11.1 Å². The number of carbonyl (C=O) groups excluding carboxylic acids is 1. The molecule has 0 spiro atoms. The molecule has 2 rings (SSSR count). The molecule has 0 aliphatic rings. The third-order valence-electron chi connectivity index (χ3n) is 2.57. The molecule has 0 bridgehead atoms. The van der Waals surface area contributed by atoms with Gasteiger partial charge in [0.25, 0.3) is 5.91 Å². The minimum Gasteiger partial charge on any atom is -0.286 e. The van der Waals surface area contributed by atoms with Gasteiger partial charge in [-0.25, -0.2) is 5.06 Å². The van der Waals surface area contributed by atoms with Gasteiger partial charge in [0.1, 0.15) is 0 Å². The lowest BCUT2D eigenvalue weighted by Gasteiger charge is -2.14. The van der Waals surface area contributed by atoms with E-state index in [1.807, 2.05) is 30.3 Å². The highest BCUT2D eigenvalue weighted by Gasteiger charge is 2.11. The van der Waals surface area contributed by atoms with Crippen molar-refractivity contribution in [3.05, 3.63) is 66.0 Å². The second-order valence-corrected chi connectivity index (χ2v) is 3.97. The second kappa shape index (κ2) is 5.93. The molecule has 4 heteroatoms. The fraction of sp³-hybridized carbons (Fsp3) is 0.143. The number of aromatic nitrogens is 1. The molecule has 0 aliphatic carbocycles. The first-order valence-corrected chi connectivity index (χ1v) is 5.68. The quantitative estimate of drug-likeness (QED) is 0.659. The number of nitrogens with zero attached hydrogens (tertiary/aromatic N) is 2. The van der Waals surface area contributed by atoms with Gasteiger partial charge in [0.2, 0.25) is 0 Å². The van der Waals surface area contributed by atoms with Crippen molar-refractivity contribution >= 4 is 5.91 Å². The van der Waals surface area contributed by atoms with Crippen molar-refractivity contribution in [2.75, 3.05) is 0 Å². The van der Waals surface area contributed by atoms with Crippen LogP contribution in [-0.2, 0) is 17.8 Å². The Bertz CT molecular complexity index is 500. The number of hydrogen-bond donors (Lipinski definition) is 1. The van der Waals surface area contributed by atoms with Crippen LogP contribution in [0.3, 0.4) is 0 Å². The van der Waals surface area contributed by atoms with Crippen molar-refractivity contribution in [2.45, 2.75) is 13.0 Å². The molecule has 0 fully saturated rings.